The lowest BCUT2D eigenvalue weighted by Crippen LogP contribution is -2.39. The first-order chi connectivity index (χ1) is 18.6. The highest BCUT2D eigenvalue weighted by Crippen LogP contribution is 2.33. The summed E-state index contributed by atoms with van der Waals surface area (Å²) in [6.45, 7) is 12.3. The minimum Gasteiger partial charge on any atom is -0.351 e. The van der Waals surface area contributed by atoms with Crippen LogP contribution in [0.25, 0.3) is 0 Å². The highest BCUT2D eigenvalue weighted by atomic mass is 35.5. The zero-order chi connectivity index (χ0) is 29.4. The Balaban J connectivity index is 0.000000522. The molecule has 1 aromatic carbocycles. The Bertz CT molecular complexity index is 1100. The second-order valence-corrected chi connectivity index (χ2v) is 9.91. The predicted molar refractivity (Wildman–Crippen MR) is 160 cm³/mol. The summed E-state index contributed by atoms with van der Waals surface area (Å²) < 4.78 is 32.7. The minimum absolute atomic E-state index is 0.0839. The summed E-state index contributed by atoms with van der Waals surface area (Å²) in [5.41, 5.74) is 3.28. The second kappa shape index (κ2) is 18.5. The van der Waals surface area contributed by atoms with Crippen molar-refractivity contribution >= 4 is 40.8 Å². The molecule has 2 aliphatic heterocycles. The van der Waals surface area contributed by atoms with E-state index in [0.29, 0.717) is 18.0 Å². The summed E-state index contributed by atoms with van der Waals surface area (Å²) in [5.74, 6) is 0.723. The average molecular weight is 583 g/mol. The largest absolute Gasteiger partial charge is 0.351 e. The Morgan fingerprint density at radius 3 is 2.56 bits per heavy atom. The molecule has 0 saturated carbocycles. The van der Waals surface area contributed by atoms with Crippen molar-refractivity contribution in [1.29, 1.82) is 0 Å². The Hall–Kier alpha value is -2.78. The molecular formula is C29H38ClF3N4OS. The van der Waals surface area contributed by atoms with E-state index in [1.807, 2.05) is 51.5 Å². The fourth-order valence-corrected chi connectivity index (χ4v) is 4.55. The lowest BCUT2D eigenvalue weighted by Gasteiger charge is -2.29. The van der Waals surface area contributed by atoms with E-state index in [1.165, 1.54) is 17.8 Å². The van der Waals surface area contributed by atoms with Gasteiger partial charge in [-0.15, -0.1) is 0 Å². The number of aliphatic imine (C=N–C) groups is 2. The number of thioether (sulfide) groups is 1. The molecule has 5 nitrogen and oxygen atoms in total. The van der Waals surface area contributed by atoms with Gasteiger partial charge in [0, 0.05) is 47.6 Å². The van der Waals surface area contributed by atoms with Gasteiger partial charge in [0.15, 0.2) is 0 Å². The van der Waals surface area contributed by atoms with Crippen LogP contribution < -0.4 is 5.32 Å². The Labute approximate surface area is 239 Å². The number of carbonyl (C=O) groups excluding carboxylic acids is 1. The number of benzene rings is 1. The van der Waals surface area contributed by atoms with Gasteiger partial charge in [-0.25, -0.2) is 13.2 Å². The van der Waals surface area contributed by atoms with Crippen molar-refractivity contribution in [1.82, 2.24) is 10.2 Å². The van der Waals surface area contributed by atoms with Gasteiger partial charge in [-0.05, 0) is 56.9 Å². The van der Waals surface area contributed by atoms with E-state index >= 15 is 0 Å². The fraction of sp³-hybridized carbons (Fsp3) is 0.414. The maximum absolute atomic E-state index is 12.1. The Morgan fingerprint density at radius 1 is 1.36 bits per heavy atom. The van der Waals surface area contributed by atoms with E-state index in [0.717, 1.165) is 48.3 Å². The van der Waals surface area contributed by atoms with Crippen LogP contribution in [0.15, 0.2) is 80.6 Å². The summed E-state index contributed by atoms with van der Waals surface area (Å²) >= 11 is 6.98. The van der Waals surface area contributed by atoms with Gasteiger partial charge >= 0.3 is 0 Å². The Morgan fingerprint density at radius 2 is 2.05 bits per heavy atom. The quantitative estimate of drug-likeness (QED) is 0.318. The normalized spacial score (nSPS) is 17.0. The number of carbonyl (C=O) groups is 1. The number of nitrogens with one attached hydrogen (secondary N) is 1. The molecule has 214 valence electrons. The van der Waals surface area contributed by atoms with Crippen LogP contribution in [0.5, 0.6) is 0 Å². The molecule has 2 heterocycles. The molecule has 3 rings (SSSR count). The SMILES string of the molecule is C=C(S/C=C\C)C1=NCC(C(/C=C\C)=NC)=C2CC(NC(=O)CCC)CN12.CC(F)F.Fc1cccc(Cl)c1. The number of allylic oxidation sites excluding steroid dienone is 3. The third kappa shape index (κ3) is 12.3. The standard InChI is InChI=1S/C21H30N4OS.C6H4ClF.C2H4F2/c1-6-9-18(22-5)17-13-23-21(15(4)27-11-8-3)25-14-16(12-19(17)25)24-20(26)10-7-2;7-5-2-1-3-6(8)4-5;1-2(3)4/h6,8-9,11,16H,4,7,10,12-14H2,1-3,5H3,(H,24,26);1-4H;2H,1H3/b9-6-,11-8-,22-18?;;. The molecule has 0 bridgehead atoms. The van der Waals surface area contributed by atoms with Gasteiger partial charge in [-0.1, -0.05) is 55.1 Å². The minimum atomic E-state index is -2.17. The lowest BCUT2D eigenvalue weighted by molar-refractivity contribution is -0.121. The molecule has 1 atom stereocenters. The number of hydrogen-bond donors (Lipinski definition) is 1. The zero-order valence-electron chi connectivity index (χ0n) is 23.2. The molecule has 1 aromatic rings. The van der Waals surface area contributed by atoms with E-state index < -0.39 is 6.43 Å². The summed E-state index contributed by atoms with van der Waals surface area (Å²) in [5, 5.41) is 5.62. The van der Waals surface area contributed by atoms with Gasteiger partial charge in [-0.2, -0.15) is 0 Å². The van der Waals surface area contributed by atoms with E-state index in [2.05, 4.69) is 21.8 Å². The van der Waals surface area contributed by atoms with E-state index in [1.54, 1.807) is 23.9 Å². The van der Waals surface area contributed by atoms with Crippen LogP contribution in [0.3, 0.4) is 0 Å². The van der Waals surface area contributed by atoms with Crippen molar-refractivity contribution in [2.24, 2.45) is 9.98 Å². The fourth-order valence-electron chi connectivity index (χ4n) is 3.79. The summed E-state index contributed by atoms with van der Waals surface area (Å²) in [4.78, 5) is 24.5. The molecular weight excluding hydrogens is 545 g/mol. The zero-order valence-corrected chi connectivity index (χ0v) is 24.8. The third-order valence-corrected chi connectivity index (χ3v) is 6.37. The van der Waals surface area contributed by atoms with Gasteiger partial charge in [0.25, 0.3) is 0 Å². The number of fused-ring (bicyclic) bond motifs is 1. The van der Waals surface area contributed by atoms with Gasteiger partial charge in [-0.3, -0.25) is 14.8 Å². The molecule has 2 aliphatic rings. The topological polar surface area (TPSA) is 57.1 Å². The average Bonchev–Trinajstić information content (AvgIpc) is 3.29. The predicted octanol–water partition coefficient (Wildman–Crippen LogP) is 7.82. The molecule has 10 heteroatoms. The second-order valence-electron chi connectivity index (χ2n) is 8.47. The van der Waals surface area contributed by atoms with E-state index in [9.17, 15) is 18.0 Å². The van der Waals surface area contributed by atoms with Gasteiger partial charge in [0.1, 0.15) is 11.7 Å². The van der Waals surface area contributed by atoms with Crippen molar-refractivity contribution in [3.63, 3.8) is 0 Å². The summed E-state index contributed by atoms with van der Waals surface area (Å²) in [6, 6.07) is 5.90. The van der Waals surface area contributed by atoms with Crippen LogP contribution in [-0.2, 0) is 4.79 Å². The van der Waals surface area contributed by atoms with Crippen LogP contribution in [0.1, 0.15) is 47.0 Å². The number of alkyl halides is 2. The van der Waals surface area contributed by atoms with Gasteiger partial charge in [0.05, 0.1) is 18.3 Å². The van der Waals surface area contributed by atoms with Crippen molar-refractivity contribution in [3.05, 3.63) is 81.5 Å². The van der Waals surface area contributed by atoms with Crippen molar-refractivity contribution in [2.45, 2.75) is 59.4 Å². The monoisotopic (exact) mass is 582 g/mol. The molecule has 1 fully saturated rings. The van der Waals surface area contributed by atoms with E-state index in [4.69, 9.17) is 16.6 Å². The number of rotatable bonds is 8. The van der Waals surface area contributed by atoms with Crippen molar-refractivity contribution < 1.29 is 18.0 Å². The molecule has 0 aromatic heterocycles. The van der Waals surface area contributed by atoms with E-state index in [-0.39, 0.29) is 17.8 Å². The number of nitrogens with zero attached hydrogens (tertiary/aromatic N) is 3. The molecule has 0 spiro atoms. The summed E-state index contributed by atoms with van der Waals surface area (Å²) in [7, 11) is 1.81. The van der Waals surface area contributed by atoms with Crippen molar-refractivity contribution in [3.8, 4) is 0 Å². The number of hydrogen-bond acceptors (Lipinski definition) is 5. The molecule has 0 radical (unpaired) electrons. The smallest absolute Gasteiger partial charge is 0.235 e. The first-order valence-electron chi connectivity index (χ1n) is 12.7. The number of amides is 1. The number of halogens is 4. The molecule has 1 N–H and O–H groups in total. The highest BCUT2D eigenvalue weighted by molar-refractivity contribution is 8.06. The molecule has 1 unspecified atom stereocenters. The third-order valence-electron chi connectivity index (χ3n) is 5.26. The lowest BCUT2D eigenvalue weighted by atomic mass is 10.0. The first-order valence-corrected chi connectivity index (χ1v) is 13.9. The van der Waals surface area contributed by atoms with Crippen LogP contribution in [0, 0.1) is 5.82 Å². The van der Waals surface area contributed by atoms with Crippen LogP contribution >= 0.6 is 23.4 Å². The Kier molecular flexibility index (Phi) is 16.2. The van der Waals surface area contributed by atoms with Crippen LogP contribution in [-0.4, -0.2) is 55.0 Å². The highest BCUT2D eigenvalue weighted by Gasteiger charge is 2.36. The summed E-state index contributed by atoms with van der Waals surface area (Å²) in [6.07, 6.45) is 6.05. The maximum atomic E-state index is 12.1. The molecule has 1 amide bonds. The number of amidine groups is 1. The van der Waals surface area contributed by atoms with Crippen molar-refractivity contribution in [2.75, 3.05) is 20.1 Å². The van der Waals surface area contributed by atoms with Gasteiger partial charge in [0.2, 0.25) is 12.3 Å². The molecule has 39 heavy (non-hydrogen) atoms. The van der Waals surface area contributed by atoms with Crippen LogP contribution in [0.2, 0.25) is 5.02 Å². The van der Waals surface area contributed by atoms with Gasteiger partial charge < -0.3 is 10.2 Å². The maximum Gasteiger partial charge on any atom is 0.235 e. The molecule has 1 saturated heterocycles. The first kappa shape index (κ1) is 34.2. The van der Waals surface area contributed by atoms with Crippen LogP contribution in [0.4, 0.5) is 13.2 Å². The molecule has 0 aliphatic carbocycles.